The van der Waals surface area contributed by atoms with Gasteiger partial charge >= 0.3 is 0 Å². The third-order valence-corrected chi connectivity index (χ3v) is 5.72. The van der Waals surface area contributed by atoms with Crippen molar-refractivity contribution in [2.24, 2.45) is 0 Å². The molecule has 1 aliphatic rings. The van der Waals surface area contributed by atoms with E-state index in [9.17, 15) is 4.79 Å². The number of hydrogen-bond acceptors (Lipinski definition) is 2. The zero-order valence-corrected chi connectivity index (χ0v) is 15.7. The fourth-order valence-electron chi connectivity index (χ4n) is 4.27. The maximum atomic E-state index is 13.0. The Morgan fingerprint density at radius 3 is 2.50 bits per heavy atom. The lowest BCUT2D eigenvalue weighted by molar-refractivity contribution is 0.0923. The molecule has 0 atom stereocenters. The summed E-state index contributed by atoms with van der Waals surface area (Å²) in [5, 5.41) is 5.36. The summed E-state index contributed by atoms with van der Waals surface area (Å²) in [4.78, 5) is 21.3. The number of pyridine rings is 1. The highest BCUT2D eigenvalue weighted by molar-refractivity contribution is 6.13. The predicted octanol–water partition coefficient (Wildman–Crippen LogP) is 5.45. The van der Waals surface area contributed by atoms with E-state index in [1.54, 1.807) is 0 Å². The lowest BCUT2D eigenvalue weighted by Gasteiger charge is -2.22. The topological polar surface area (TPSA) is 57.8 Å². The van der Waals surface area contributed by atoms with Gasteiger partial charge in [0.25, 0.3) is 5.91 Å². The number of amides is 1. The maximum absolute atomic E-state index is 13.0. The monoisotopic (exact) mass is 369 g/mol. The number of H-pyrrole nitrogens is 1. The summed E-state index contributed by atoms with van der Waals surface area (Å²) in [5.41, 5.74) is 4.35. The molecule has 4 nitrogen and oxygen atoms in total. The Balaban J connectivity index is 1.65. The second-order valence-corrected chi connectivity index (χ2v) is 7.62. The van der Waals surface area contributed by atoms with Crippen molar-refractivity contribution < 1.29 is 4.79 Å². The number of para-hydroxylation sites is 1. The van der Waals surface area contributed by atoms with Crippen molar-refractivity contribution in [3.05, 3.63) is 66.4 Å². The normalized spacial score (nSPS) is 15.1. The predicted molar refractivity (Wildman–Crippen MR) is 113 cm³/mol. The molecule has 5 rings (SSSR count). The Morgan fingerprint density at radius 1 is 0.929 bits per heavy atom. The van der Waals surface area contributed by atoms with Crippen LogP contribution in [0.5, 0.6) is 0 Å². The van der Waals surface area contributed by atoms with E-state index in [1.807, 2.05) is 48.5 Å². The maximum Gasteiger partial charge on any atom is 0.270 e. The SMILES string of the molecule is O=C(NC1CCCCC1)c1cc2c([nH]c3ccccc32)c(-c2ccccc2)n1. The number of benzene rings is 2. The first-order valence-electron chi connectivity index (χ1n) is 10.1. The molecule has 0 spiro atoms. The third-order valence-electron chi connectivity index (χ3n) is 5.72. The fraction of sp³-hybridized carbons (Fsp3) is 0.250. The van der Waals surface area contributed by atoms with Gasteiger partial charge in [-0.05, 0) is 25.0 Å². The zero-order chi connectivity index (χ0) is 18.9. The molecule has 0 saturated heterocycles. The number of carbonyl (C=O) groups excluding carboxylic acids is 1. The van der Waals surface area contributed by atoms with Crippen molar-refractivity contribution in [2.75, 3.05) is 0 Å². The molecule has 2 heterocycles. The fourth-order valence-corrected chi connectivity index (χ4v) is 4.27. The minimum absolute atomic E-state index is 0.0729. The molecule has 28 heavy (non-hydrogen) atoms. The van der Waals surface area contributed by atoms with Crippen LogP contribution in [0.1, 0.15) is 42.6 Å². The molecule has 1 aliphatic carbocycles. The largest absolute Gasteiger partial charge is 0.353 e. The summed E-state index contributed by atoms with van der Waals surface area (Å²) in [6.07, 6.45) is 5.77. The van der Waals surface area contributed by atoms with Crippen LogP contribution in [0, 0.1) is 0 Å². The molecule has 1 amide bonds. The van der Waals surface area contributed by atoms with Gasteiger partial charge in [0.15, 0.2) is 0 Å². The third kappa shape index (κ3) is 3.05. The highest BCUT2D eigenvalue weighted by Gasteiger charge is 2.20. The van der Waals surface area contributed by atoms with Gasteiger partial charge in [0.2, 0.25) is 0 Å². The van der Waals surface area contributed by atoms with Gasteiger partial charge in [-0.15, -0.1) is 0 Å². The average molecular weight is 369 g/mol. The molecule has 1 fully saturated rings. The molecule has 4 aromatic rings. The van der Waals surface area contributed by atoms with Gasteiger partial charge in [0.1, 0.15) is 5.69 Å². The summed E-state index contributed by atoms with van der Waals surface area (Å²) >= 11 is 0. The van der Waals surface area contributed by atoms with E-state index in [0.717, 1.165) is 45.9 Å². The summed E-state index contributed by atoms with van der Waals surface area (Å²) in [6, 6.07) is 20.5. The Bertz CT molecular complexity index is 1140. The van der Waals surface area contributed by atoms with Gasteiger partial charge < -0.3 is 10.3 Å². The standard InChI is InChI=1S/C24H23N3O/c28-24(25-17-11-5-2-6-12-17)21-15-19-18-13-7-8-14-20(18)26-23(19)22(27-21)16-9-3-1-4-10-16/h1,3-4,7-10,13-15,17,26H,2,5-6,11-12H2,(H,25,28). The van der Waals surface area contributed by atoms with Crippen molar-refractivity contribution in [1.82, 2.24) is 15.3 Å². The Kier molecular flexibility index (Phi) is 4.32. The van der Waals surface area contributed by atoms with Crippen molar-refractivity contribution in [3.8, 4) is 11.3 Å². The summed E-state index contributed by atoms with van der Waals surface area (Å²) in [6.45, 7) is 0. The highest BCUT2D eigenvalue weighted by Crippen LogP contribution is 2.32. The number of fused-ring (bicyclic) bond motifs is 3. The van der Waals surface area contributed by atoms with Crippen LogP contribution < -0.4 is 5.32 Å². The Morgan fingerprint density at radius 2 is 1.68 bits per heavy atom. The van der Waals surface area contributed by atoms with E-state index >= 15 is 0 Å². The number of nitrogens with one attached hydrogen (secondary N) is 2. The molecular formula is C24H23N3O. The first-order valence-corrected chi connectivity index (χ1v) is 10.1. The van der Waals surface area contributed by atoms with Gasteiger partial charge in [-0.3, -0.25) is 4.79 Å². The molecule has 0 radical (unpaired) electrons. The van der Waals surface area contributed by atoms with Gasteiger partial charge in [-0.1, -0.05) is 67.8 Å². The van der Waals surface area contributed by atoms with Crippen LogP contribution in [0.4, 0.5) is 0 Å². The van der Waals surface area contributed by atoms with Crippen molar-refractivity contribution >= 4 is 27.7 Å². The van der Waals surface area contributed by atoms with E-state index in [4.69, 9.17) is 4.98 Å². The van der Waals surface area contributed by atoms with Gasteiger partial charge in [-0.2, -0.15) is 0 Å². The number of hydrogen-bond donors (Lipinski definition) is 2. The highest BCUT2D eigenvalue weighted by atomic mass is 16.1. The molecule has 0 unspecified atom stereocenters. The van der Waals surface area contributed by atoms with Crippen molar-refractivity contribution in [3.63, 3.8) is 0 Å². The lowest BCUT2D eigenvalue weighted by atomic mass is 9.95. The smallest absolute Gasteiger partial charge is 0.270 e. The second kappa shape index (κ2) is 7.12. The summed E-state index contributed by atoms with van der Waals surface area (Å²) < 4.78 is 0. The minimum Gasteiger partial charge on any atom is -0.353 e. The molecular weight excluding hydrogens is 346 g/mol. The molecule has 2 N–H and O–H groups in total. The molecule has 0 bridgehead atoms. The molecule has 2 aromatic heterocycles. The van der Waals surface area contributed by atoms with Crippen LogP contribution in [-0.2, 0) is 0 Å². The van der Waals surface area contributed by atoms with Crippen LogP contribution in [0.3, 0.4) is 0 Å². The van der Waals surface area contributed by atoms with E-state index in [2.05, 4.69) is 22.4 Å². The number of nitrogens with zero attached hydrogens (tertiary/aromatic N) is 1. The van der Waals surface area contributed by atoms with E-state index in [1.165, 1.54) is 19.3 Å². The summed E-state index contributed by atoms with van der Waals surface area (Å²) in [7, 11) is 0. The molecule has 2 aromatic carbocycles. The van der Waals surface area contributed by atoms with Gasteiger partial charge in [-0.25, -0.2) is 4.98 Å². The van der Waals surface area contributed by atoms with Crippen molar-refractivity contribution in [1.29, 1.82) is 0 Å². The second-order valence-electron chi connectivity index (χ2n) is 7.62. The number of rotatable bonds is 3. The number of carbonyl (C=O) groups is 1. The molecule has 0 aliphatic heterocycles. The number of aromatic nitrogens is 2. The first-order chi connectivity index (χ1) is 13.8. The molecule has 140 valence electrons. The van der Waals surface area contributed by atoms with Crippen LogP contribution in [-0.4, -0.2) is 21.9 Å². The van der Waals surface area contributed by atoms with E-state index < -0.39 is 0 Å². The Labute approximate surface area is 164 Å². The lowest BCUT2D eigenvalue weighted by Crippen LogP contribution is -2.36. The zero-order valence-electron chi connectivity index (χ0n) is 15.7. The minimum atomic E-state index is -0.0729. The van der Waals surface area contributed by atoms with Crippen molar-refractivity contribution in [2.45, 2.75) is 38.1 Å². The van der Waals surface area contributed by atoms with E-state index in [0.29, 0.717) is 5.69 Å². The summed E-state index contributed by atoms with van der Waals surface area (Å²) in [5.74, 6) is -0.0729. The Hall–Kier alpha value is -3.14. The van der Waals surface area contributed by atoms with Crippen LogP contribution in [0.2, 0.25) is 0 Å². The first kappa shape index (κ1) is 17.0. The van der Waals surface area contributed by atoms with Gasteiger partial charge in [0.05, 0.1) is 11.2 Å². The van der Waals surface area contributed by atoms with Crippen LogP contribution in [0.15, 0.2) is 60.7 Å². The van der Waals surface area contributed by atoms with Gasteiger partial charge in [0, 0.05) is 27.9 Å². The molecule has 1 saturated carbocycles. The number of aromatic amines is 1. The van der Waals surface area contributed by atoms with E-state index in [-0.39, 0.29) is 11.9 Å². The van der Waals surface area contributed by atoms with Crippen LogP contribution in [0.25, 0.3) is 33.1 Å². The average Bonchev–Trinajstić information content (AvgIpc) is 3.13. The quantitative estimate of drug-likeness (QED) is 0.505. The molecule has 4 heteroatoms. The van der Waals surface area contributed by atoms with Crippen LogP contribution >= 0.6 is 0 Å².